The predicted octanol–water partition coefficient (Wildman–Crippen LogP) is 1.45. The minimum Gasteiger partial charge on any atom is -0.480 e. The number of carboxylic acid groups (broad SMARTS) is 1. The third-order valence-electron chi connectivity index (χ3n) is 3.70. The van der Waals surface area contributed by atoms with Crippen molar-refractivity contribution in [3.63, 3.8) is 0 Å². The van der Waals surface area contributed by atoms with E-state index in [4.69, 9.17) is 16.7 Å². The Balaban J connectivity index is 2.09. The molecule has 2 aliphatic rings. The zero-order valence-electron chi connectivity index (χ0n) is 8.24. The van der Waals surface area contributed by atoms with Crippen LogP contribution in [0.4, 0.5) is 0 Å². The summed E-state index contributed by atoms with van der Waals surface area (Å²) in [5.41, 5.74) is 0. The lowest BCUT2D eigenvalue weighted by molar-refractivity contribution is -0.140. The summed E-state index contributed by atoms with van der Waals surface area (Å²) < 4.78 is 0. The van der Waals surface area contributed by atoms with E-state index in [1.54, 1.807) is 0 Å². The lowest BCUT2D eigenvalue weighted by atomic mass is 9.79. The van der Waals surface area contributed by atoms with E-state index in [1.807, 2.05) is 6.92 Å². The van der Waals surface area contributed by atoms with Gasteiger partial charge >= 0.3 is 5.97 Å². The lowest BCUT2D eigenvalue weighted by Gasteiger charge is -2.30. The molecule has 0 aromatic heterocycles. The van der Waals surface area contributed by atoms with Gasteiger partial charge in [0, 0.05) is 11.4 Å². The van der Waals surface area contributed by atoms with Gasteiger partial charge < -0.3 is 10.4 Å². The van der Waals surface area contributed by atoms with Crippen LogP contribution in [0.1, 0.15) is 26.2 Å². The molecule has 0 bridgehead atoms. The van der Waals surface area contributed by atoms with Crippen LogP contribution in [0.3, 0.4) is 0 Å². The van der Waals surface area contributed by atoms with E-state index in [-0.39, 0.29) is 17.3 Å². The molecule has 80 valence electrons. The van der Waals surface area contributed by atoms with Crippen molar-refractivity contribution in [3.8, 4) is 0 Å². The minimum absolute atomic E-state index is 0.207. The van der Waals surface area contributed by atoms with Gasteiger partial charge in [0.1, 0.15) is 6.04 Å². The molecule has 2 N–H and O–H groups in total. The van der Waals surface area contributed by atoms with E-state index in [0.29, 0.717) is 12.0 Å². The van der Waals surface area contributed by atoms with Gasteiger partial charge in [-0.2, -0.15) is 0 Å². The summed E-state index contributed by atoms with van der Waals surface area (Å²) in [5.74, 6) is -0.0653. The van der Waals surface area contributed by atoms with E-state index in [2.05, 4.69) is 5.32 Å². The largest absolute Gasteiger partial charge is 0.480 e. The van der Waals surface area contributed by atoms with Gasteiger partial charge in [0.15, 0.2) is 0 Å². The molecule has 3 nitrogen and oxygen atoms in total. The first-order valence-corrected chi connectivity index (χ1v) is 5.66. The van der Waals surface area contributed by atoms with E-state index in [9.17, 15) is 4.79 Å². The molecule has 1 heterocycles. The summed E-state index contributed by atoms with van der Waals surface area (Å²) in [6, 6.07) is 0.00747. The zero-order valence-corrected chi connectivity index (χ0v) is 9.00. The van der Waals surface area contributed by atoms with Crippen LogP contribution in [0.25, 0.3) is 0 Å². The Morgan fingerprint density at radius 1 is 1.50 bits per heavy atom. The van der Waals surface area contributed by atoms with Crippen molar-refractivity contribution < 1.29 is 9.90 Å². The second kappa shape index (κ2) is 3.70. The van der Waals surface area contributed by atoms with Gasteiger partial charge in [-0.25, -0.2) is 0 Å². The maximum absolute atomic E-state index is 10.9. The maximum atomic E-state index is 10.9. The van der Waals surface area contributed by atoms with E-state index >= 15 is 0 Å². The molecule has 1 aliphatic carbocycles. The number of rotatable bonds is 1. The normalized spacial score (nSPS) is 47.4. The van der Waals surface area contributed by atoms with Crippen molar-refractivity contribution >= 4 is 17.6 Å². The first-order chi connectivity index (χ1) is 6.59. The molecule has 0 aromatic rings. The van der Waals surface area contributed by atoms with E-state index in [1.165, 1.54) is 0 Å². The Bertz CT molecular complexity index is 246. The standard InChI is InChI=1S/C10H16ClNO2/c1-5-7-4-6(11)2-3-8(7)12-9(5)10(13)14/h5-9,12H,2-4H2,1H3,(H,13,14). The summed E-state index contributed by atoms with van der Waals surface area (Å²) >= 11 is 6.10. The fourth-order valence-corrected chi connectivity index (χ4v) is 3.20. The van der Waals surface area contributed by atoms with Crippen molar-refractivity contribution in [2.45, 2.75) is 43.6 Å². The van der Waals surface area contributed by atoms with Gasteiger partial charge in [-0.1, -0.05) is 6.92 Å². The van der Waals surface area contributed by atoms with Gasteiger partial charge in [0.25, 0.3) is 0 Å². The van der Waals surface area contributed by atoms with Crippen molar-refractivity contribution in [3.05, 3.63) is 0 Å². The minimum atomic E-state index is -0.724. The van der Waals surface area contributed by atoms with Crippen LogP contribution in [0.15, 0.2) is 0 Å². The van der Waals surface area contributed by atoms with Crippen LogP contribution in [-0.2, 0) is 4.79 Å². The number of hydrogen-bond acceptors (Lipinski definition) is 2. The molecule has 0 aromatic carbocycles. The quantitative estimate of drug-likeness (QED) is 0.654. The van der Waals surface area contributed by atoms with Gasteiger partial charge in [0.2, 0.25) is 0 Å². The summed E-state index contributed by atoms with van der Waals surface area (Å²) in [4.78, 5) is 10.9. The molecule has 1 aliphatic heterocycles. The molecule has 4 heteroatoms. The Hall–Kier alpha value is -0.280. The van der Waals surface area contributed by atoms with Crippen LogP contribution < -0.4 is 5.32 Å². The SMILES string of the molecule is CC1C(C(=O)O)NC2CCC(Cl)CC21. The van der Waals surface area contributed by atoms with Crippen LogP contribution in [0.5, 0.6) is 0 Å². The molecule has 2 rings (SSSR count). The Morgan fingerprint density at radius 2 is 2.21 bits per heavy atom. The number of carboxylic acids is 1. The van der Waals surface area contributed by atoms with Gasteiger partial charge in [-0.05, 0) is 31.1 Å². The average Bonchev–Trinajstić information content (AvgIpc) is 2.44. The summed E-state index contributed by atoms with van der Waals surface area (Å²) in [7, 11) is 0. The highest BCUT2D eigenvalue weighted by molar-refractivity contribution is 6.20. The van der Waals surface area contributed by atoms with Crippen molar-refractivity contribution in [1.82, 2.24) is 5.32 Å². The average molecular weight is 218 g/mol. The molecule has 1 saturated heterocycles. The second-order valence-corrected chi connectivity index (χ2v) is 5.14. The summed E-state index contributed by atoms with van der Waals surface area (Å²) in [6.45, 7) is 2.02. The second-order valence-electron chi connectivity index (χ2n) is 4.52. The van der Waals surface area contributed by atoms with Crippen LogP contribution >= 0.6 is 11.6 Å². The molecule has 0 radical (unpaired) electrons. The molecule has 5 atom stereocenters. The first kappa shape index (κ1) is 10.2. The van der Waals surface area contributed by atoms with E-state index in [0.717, 1.165) is 19.3 Å². The fraction of sp³-hybridized carbons (Fsp3) is 0.900. The van der Waals surface area contributed by atoms with Crippen LogP contribution in [-0.4, -0.2) is 28.5 Å². The Labute approximate surface area is 88.8 Å². The maximum Gasteiger partial charge on any atom is 0.320 e. The highest BCUT2D eigenvalue weighted by Crippen LogP contribution is 2.39. The predicted molar refractivity (Wildman–Crippen MR) is 54.5 cm³/mol. The van der Waals surface area contributed by atoms with Gasteiger partial charge in [-0.15, -0.1) is 11.6 Å². The number of carbonyl (C=O) groups is 1. The smallest absolute Gasteiger partial charge is 0.320 e. The summed E-state index contributed by atoms with van der Waals surface area (Å²) in [6.07, 6.45) is 2.99. The molecule has 0 amide bonds. The van der Waals surface area contributed by atoms with Crippen molar-refractivity contribution in [2.24, 2.45) is 11.8 Å². The molecular weight excluding hydrogens is 202 g/mol. The number of alkyl halides is 1. The number of nitrogens with one attached hydrogen (secondary N) is 1. The van der Waals surface area contributed by atoms with Crippen molar-refractivity contribution in [1.29, 1.82) is 0 Å². The first-order valence-electron chi connectivity index (χ1n) is 5.22. The van der Waals surface area contributed by atoms with E-state index < -0.39 is 5.97 Å². The number of hydrogen-bond donors (Lipinski definition) is 2. The molecule has 1 saturated carbocycles. The number of halogens is 1. The molecule has 2 fully saturated rings. The van der Waals surface area contributed by atoms with Crippen LogP contribution in [0.2, 0.25) is 0 Å². The Morgan fingerprint density at radius 3 is 2.86 bits per heavy atom. The third-order valence-corrected chi connectivity index (χ3v) is 4.09. The molecule has 5 unspecified atom stereocenters. The van der Waals surface area contributed by atoms with Crippen molar-refractivity contribution in [2.75, 3.05) is 0 Å². The highest BCUT2D eigenvalue weighted by Gasteiger charge is 2.45. The highest BCUT2D eigenvalue weighted by atomic mass is 35.5. The van der Waals surface area contributed by atoms with Gasteiger partial charge in [-0.3, -0.25) is 4.79 Å². The fourth-order valence-electron chi connectivity index (χ4n) is 2.87. The zero-order chi connectivity index (χ0) is 10.3. The van der Waals surface area contributed by atoms with Gasteiger partial charge in [0.05, 0.1) is 0 Å². The summed E-state index contributed by atoms with van der Waals surface area (Å²) in [5, 5.41) is 12.4. The topological polar surface area (TPSA) is 49.3 Å². The number of aliphatic carboxylic acids is 1. The number of fused-ring (bicyclic) bond motifs is 1. The molecule has 14 heavy (non-hydrogen) atoms. The molecule has 0 spiro atoms. The third kappa shape index (κ3) is 1.63. The lowest BCUT2D eigenvalue weighted by Crippen LogP contribution is -2.38. The van der Waals surface area contributed by atoms with Crippen LogP contribution in [0, 0.1) is 11.8 Å². The Kier molecular flexibility index (Phi) is 2.71. The molecular formula is C10H16ClNO2. The monoisotopic (exact) mass is 217 g/mol.